The molecule has 148 valence electrons. The van der Waals surface area contributed by atoms with Gasteiger partial charge in [0.1, 0.15) is 6.04 Å². The number of hydrogen-bond donors (Lipinski definition) is 2. The second-order valence-corrected chi connectivity index (χ2v) is 10.1. The van der Waals surface area contributed by atoms with Crippen LogP contribution in [0, 0.1) is 0 Å². The molecule has 9 heteroatoms. The predicted octanol–water partition coefficient (Wildman–Crippen LogP) is 2.77. The van der Waals surface area contributed by atoms with E-state index in [9.17, 15) is 13.2 Å². The number of carbonyl (C=O) groups is 1. The van der Waals surface area contributed by atoms with E-state index in [4.69, 9.17) is 11.6 Å². The first-order valence-electron chi connectivity index (χ1n) is 8.91. The summed E-state index contributed by atoms with van der Waals surface area (Å²) in [4.78, 5) is 18.2. The number of nitrogens with zero attached hydrogens (tertiary/aromatic N) is 1. The van der Waals surface area contributed by atoms with E-state index in [0.29, 0.717) is 36.7 Å². The van der Waals surface area contributed by atoms with Gasteiger partial charge in [0.25, 0.3) is 0 Å². The monoisotopic (exact) mass is 429 g/mol. The van der Waals surface area contributed by atoms with E-state index in [1.54, 1.807) is 23.6 Å². The lowest BCUT2D eigenvalue weighted by molar-refractivity contribution is -0.134. The van der Waals surface area contributed by atoms with Gasteiger partial charge in [0.15, 0.2) is 0 Å². The van der Waals surface area contributed by atoms with E-state index in [2.05, 4.69) is 9.71 Å². The van der Waals surface area contributed by atoms with Crippen LogP contribution in [-0.2, 0) is 27.8 Å². The van der Waals surface area contributed by atoms with Gasteiger partial charge >= 0.3 is 0 Å². The Morgan fingerprint density at radius 1 is 1.44 bits per heavy atom. The number of H-pyrrole nitrogens is 1. The molecule has 0 bridgehead atoms. The van der Waals surface area contributed by atoms with Gasteiger partial charge in [-0.25, -0.2) is 13.1 Å². The summed E-state index contributed by atoms with van der Waals surface area (Å²) < 4.78 is 26.6. The third kappa shape index (κ3) is 4.62. The molecule has 2 aromatic rings. The summed E-state index contributed by atoms with van der Waals surface area (Å²) in [6.07, 6.45) is 3.13. The van der Waals surface area contributed by atoms with Gasteiger partial charge in [-0.05, 0) is 43.6 Å². The lowest BCUT2D eigenvalue weighted by atomic mass is 10.0. The molecule has 0 radical (unpaired) electrons. The van der Waals surface area contributed by atoms with Gasteiger partial charge in [0, 0.05) is 46.7 Å². The van der Waals surface area contributed by atoms with Crippen LogP contribution in [-0.4, -0.2) is 54.6 Å². The number of benzene rings is 1. The molecule has 1 amide bonds. The Morgan fingerprint density at radius 3 is 2.93 bits per heavy atom. The number of thioether (sulfide) groups is 1. The smallest absolute Gasteiger partial charge is 0.241 e. The van der Waals surface area contributed by atoms with Crippen LogP contribution >= 0.6 is 23.4 Å². The summed E-state index contributed by atoms with van der Waals surface area (Å²) in [7, 11) is -3.45. The molecule has 1 atom stereocenters. The number of fused-ring (bicyclic) bond motifs is 3. The number of aromatic nitrogens is 1. The van der Waals surface area contributed by atoms with Crippen molar-refractivity contribution in [3.63, 3.8) is 0 Å². The highest BCUT2D eigenvalue weighted by Crippen LogP contribution is 2.30. The molecule has 0 saturated heterocycles. The van der Waals surface area contributed by atoms with Crippen molar-refractivity contribution in [2.75, 3.05) is 24.3 Å². The van der Waals surface area contributed by atoms with Gasteiger partial charge in [-0.1, -0.05) is 11.6 Å². The van der Waals surface area contributed by atoms with Crippen LogP contribution in [0.5, 0.6) is 0 Å². The highest BCUT2D eigenvalue weighted by atomic mass is 35.5. The molecule has 0 fully saturated rings. The fraction of sp³-hybridized carbons (Fsp3) is 0.500. The zero-order chi connectivity index (χ0) is 19.6. The third-order valence-corrected chi connectivity index (χ3v) is 7.14. The number of aromatic amines is 1. The zero-order valence-corrected chi connectivity index (χ0v) is 17.8. The van der Waals surface area contributed by atoms with Crippen molar-refractivity contribution in [3.8, 4) is 0 Å². The van der Waals surface area contributed by atoms with Gasteiger partial charge < -0.3 is 9.88 Å². The summed E-state index contributed by atoms with van der Waals surface area (Å²) in [5, 5.41) is 1.67. The fourth-order valence-electron chi connectivity index (χ4n) is 3.36. The molecule has 3 rings (SSSR count). The van der Waals surface area contributed by atoms with Crippen molar-refractivity contribution in [3.05, 3.63) is 34.5 Å². The van der Waals surface area contributed by atoms with Crippen LogP contribution in [0.25, 0.3) is 10.9 Å². The zero-order valence-electron chi connectivity index (χ0n) is 15.4. The second kappa shape index (κ2) is 8.43. The van der Waals surface area contributed by atoms with Gasteiger partial charge in [-0.15, -0.1) is 0 Å². The summed E-state index contributed by atoms with van der Waals surface area (Å²) >= 11 is 7.74. The summed E-state index contributed by atoms with van der Waals surface area (Å²) in [6, 6.07) is 4.97. The lowest BCUT2D eigenvalue weighted by Gasteiger charge is -2.31. The maximum absolute atomic E-state index is 13.1. The van der Waals surface area contributed by atoms with Crippen LogP contribution in [0.4, 0.5) is 0 Å². The maximum atomic E-state index is 13.1. The third-order valence-electron chi connectivity index (χ3n) is 4.86. The minimum Gasteiger partial charge on any atom is -0.358 e. The lowest BCUT2D eigenvalue weighted by Crippen LogP contribution is -2.50. The van der Waals surface area contributed by atoms with E-state index in [1.807, 2.05) is 24.5 Å². The van der Waals surface area contributed by atoms with Crippen molar-refractivity contribution >= 4 is 50.2 Å². The minimum atomic E-state index is -3.45. The molecule has 27 heavy (non-hydrogen) atoms. The van der Waals surface area contributed by atoms with Crippen LogP contribution < -0.4 is 4.72 Å². The molecular weight excluding hydrogens is 406 g/mol. The second-order valence-electron chi connectivity index (χ2n) is 6.64. The van der Waals surface area contributed by atoms with E-state index >= 15 is 0 Å². The van der Waals surface area contributed by atoms with Gasteiger partial charge in [0.05, 0.1) is 5.75 Å². The molecule has 2 N–H and O–H groups in total. The average Bonchev–Trinajstić information content (AvgIpc) is 3.01. The normalized spacial score (nSPS) is 15.7. The molecule has 1 aliphatic heterocycles. The van der Waals surface area contributed by atoms with Gasteiger partial charge in [0.2, 0.25) is 15.9 Å². The molecule has 0 spiro atoms. The number of carbonyl (C=O) groups excluding carboxylic acids is 1. The van der Waals surface area contributed by atoms with Crippen molar-refractivity contribution in [2.45, 2.75) is 32.4 Å². The molecule has 1 unspecified atom stereocenters. The molecule has 0 saturated carbocycles. The van der Waals surface area contributed by atoms with Crippen molar-refractivity contribution in [2.24, 2.45) is 0 Å². The standard InChI is InChI=1S/C18H24ClN3O3S2/c1-3-27(24,25)21-17(7-9-26-2)18(23)22-8-6-16-14(11-22)13-10-12(19)4-5-15(13)20-16/h4-5,10,17,20-21H,3,6-9,11H2,1-2H3. The van der Waals surface area contributed by atoms with Crippen LogP contribution in [0.2, 0.25) is 5.02 Å². The quantitative estimate of drug-likeness (QED) is 0.709. The van der Waals surface area contributed by atoms with Crippen molar-refractivity contribution in [1.29, 1.82) is 0 Å². The molecule has 6 nitrogen and oxygen atoms in total. The predicted molar refractivity (Wildman–Crippen MR) is 112 cm³/mol. The SMILES string of the molecule is CCS(=O)(=O)NC(CCSC)C(=O)N1CCc2[nH]c3ccc(Cl)cc3c2C1. The van der Waals surface area contributed by atoms with Crippen LogP contribution in [0.3, 0.4) is 0 Å². The maximum Gasteiger partial charge on any atom is 0.241 e. The van der Waals surface area contributed by atoms with Gasteiger partial charge in [-0.3, -0.25) is 4.79 Å². The number of halogens is 1. The summed E-state index contributed by atoms with van der Waals surface area (Å²) in [5.41, 5.74) is 3.18. The number of amides is 1. The highest BCUT2D eigenvalue weighted by molar-refractivity contribution is 7.98. The van der Waals surface area contributed by atoms with Crippen LogP contribution in [0.15, 0.2) is 18.2 Å². The fourth-order valence-corrected chi connectivity index (χ4v) is 4.83. The van der Waals surface area contributed by atoms with E-state index in [1.165, 1.54) is 0 Å². The van der Waals surface area contributed by atoms with Gasteiger partial charge in [-0.2, -0.15) is 11.8 Å². The largest absolute Gasteiger partial charge is 0.358 e. The summed E-state index contributed by atoms with van der Waals surface area (Å²) in [6.45, 7) is 2.59. The number of nitrogens with one attached hydrogen (secondary N) is 2. The van der Waals surface area contributed by atoms with Crippen molar-refractivity contribution < 1.29 is 13.2 Å². The van der Waals surface area contributed by atoms with E-state index < -0.39 is 16.1 Å². The summed E-state index contributed by atoms with van der Waals surface area (Å²) in [5.74, 6) is 0.508. The molecular formula is C18H24ClN3O3S2. The van der Waals surface area contributed by atoms with Crippen LogP contribution in [0.1, 0.15) is 24.6 Å². The molecule has 1 aromatic heterocycles. The number of sulfonamides is 1. The first-order chi connectivity index (χ1) is 12.8. The van der Waals surface area contributed by atoms with E-state index in [-0.39, 0.29) is 11.7 Å². The first-order valence-corrected chi connectivity index (χ1v) is 12.3. The minimum absolute atomic E-state index is 0.0405. The van der Waals surface area contributed by atoms with E-state index in [0.717, 1.165) is 22.2 Å². The van der Waals surface area contributed by atoms with Crippen molar-refractivity contribution in [1.82, 2.24) is 14.6 Å². The molecule has 1 aromatic carbocycles. The molecule has 2 heterocycles. The average molecular weight is 430 g/mol. The Morgan fingerprint density at radius 2 is 2.22 bits per heavy atom. The number of rotatable bonds is 7. The Hall–Kier alpha value is -1.22. The number of hydrogen-bond acceptors (Lipinski definition) is 4. The highest BCUT2D eigenvalue weighted by Gasteiger charge is 2.31. The molecule has 1 aliphatic rings. The Bertz CT molecular complexity index is 943. The Labute approximate surface area is 169 Å². The molecule has 0 aliphatic carbocycles. The Kier molecular flexibility index (Phi) is 6.40. The topological polar surface area (TPSA) is 82.3 Å². The Balaban J connectivity index is 1.84. The first kappa shape index (κ1) is 20.5.